The van der Waals surface area contributed by atoms with Gasteiger partial charge in [-0.25, -0.2) is 8.42 Å². The van der Waals surface area contributed by atoms with Crippen LogP contribution in [0.5, 0.6) is 0 Å². The van der Waals surface area contributed by atoms with E-state index >= 15 is 0 Å². The Bertz CT molecular complexity index is 366. The first-order valence-electron chi connectivity index (χ1n) is 8.08. The monoisotopic (exact) mass is 287 g/mol. The van der Waals surface area contributed by atoms with Crippen LogP contribution in [0.15, 0.2) is 0 Å². The van der Waals surface area contributed by atoms with Crippen LogP contribution in [0.1, 0.15) is 71.1 Å². The molecule has 1 aliphatic heterocycles. The lowest BCUT2D eigenvalue weighted by molar-refractivity contribution is 0.379. The highest BCUT2D eigenvalue weighted by Crippen LogP contribution is 2.27. The van der Waals surface area contributed by atoms with E-state index in [1.165, 1.54) is 44.9 Å². The molecule has 3 unspecified atom stereocenters. The van der Waals surface area contributed by atoms with E-state index in [4.69, 9.17) is 0 Å². The first kappa shape index (κ1) is 15.3. The van der Waals surface area contributed by atoms with Crippen molar-refractivity contribution in [1.29, 1.82) is 0 Å². The molecule has 3 atom stereocenters. The molecular weight excluding hydrogens is 258 g/mol. The summed E-state index contributed by atoms with van der Waals surface area (Å²) in [5.41, 5.74) is 0. The van der Waals surface area contributed by atoms with E-state index in [0.29, 0.717) is 6.54 Å². The van der Waals surface area contributed by atoms with Crippen molar-refractivity contribution in [2.24, 2.45) is 0 Å². The Kier molecular flexibility index (Phi) is 5.70. The average Bonchev–Trinajstić information content (AvgIpc) is 2.36. The molecule has 0 amide bonds. The smallest absolute Gasteiger partial charge is 0.158 e. The quantitative estimate of drug-likeness (QED) is 0.745. The van der Waals surface area contributed by atoms with E-state index in [2.05, 4.69) is 5.32 Å². The summed E-state index contributed by atoms with van der Waals surface area (Å²) in [6.45, 7) is 2.50. The highest BCUT2D eigenvalue weighted by atomic mass is 32.2. The molecule has 2 fully saturated rings. The first-order valence-corrected chi connectivity index (χ1v) is 9.69. The van der Waals surface area contributed by atoms with Crippen molar-refractivity contribution in [3.8, 4) is 0 Å². The third-order valence-corrected chi connectivity index (χ3v) is 7.55. The van der Waals surface area contributed by atoms with E-state index in [9.17, 15) is 8.42 Å². The van der Waals surface area contributed by atoms with Gasteiger partial charge in [-0.05, 0) is 19.8 Å². The number of hydrogen-bond donors (Lipinski definition) is 1. The van der Waals surface area contributed by atoms with E-state index in [1.807, 2.05) is 6.92 Å². The summed E-state index contributed by atoms with van der Waals surface area (Å²) in [6, 6.07) is 0.209. The largest absolute Gasteiger partial charge is 0.311 e. The van der Waals surface area contributed by atoms with Crippen LogP contribution in [0.25, 0.3) is 0 Å². The second-order valence-electron chi connectivity index (χ2n) is 6.36. The topological polar surface area (TPSA) is 46.2 Å². The Balaban J connectivity index is 2.04. The van der Waals surface area contributed by atoms with Gasteiger partial charge in [0.05, 0.1) is 10.5 Å². The molecule has 1 saturated carbocycles. The van der Waals surface area contributed by atoms with Crippen molar-refractivity contribution in [3.63, 3.8) is 0 Å². The van der Waals surface area contributed by atoms with Crippen molar-refractivity contribution < 1.29 is 8.42 Å². The summed E-state index contributed by atoms with van der Waals surface area (Å²) in [4.78, 5) is 0. The van der Waals surface area contributed by atoms with E-state index in [0.717, 1.165) is 19.3 Å². The third-order valence-electron chi connectivity index (χ3n) is 4.85. The zero-order valence-corrected chi connectivity index (χ0v) is 13.1. The Morgan fingerprint density at radius 1 is 0.842 bits per heavy atom. The maximum absolute atomic E-state index is 12.5. The second-order valence-corrected chi connectivity index (χ2v) is 8.95. The Hall–Kier alpha value is -0.0900. The van der Waals surface area contributed by atoms with Gasteiger partial charge < -0.3 is 5.32 Å². The highest BCUT2D eigenvalue weighted by Gasteiger charge is 2.40. The van der Waals surface area contributed by atoms with E-state index < -0.39 is 9.84 Å². The summed E-state index contributed by atoms with van der Waals surface area (Å²) in [6.07, 6.45) is 11.9. The van der Waals surface area contributed by atoms with Crippen LogP contribution in [0.4, 0.5) is 0 Å². The minimum atomic E-state index is -2.91. The van der Waals surface area contributed by atoms with Crippen LogP contribution in [0.2, 0.25) is 0 Å². The first-order chi connectivity index (χ1) is 9.12. The van der Waals surface area contributed by atoms with Gasteiger partial charge in [-0.15, -0.1) is 0 Å². The summed E-state index contributed by atoms with van der Waals surface area (Å²) in [5, 5.41) is 3.16. The van der Waals surface area contributed by atoms with Crippen LogP contribution in [0.3, 0.4) is 0 Å². The van der Waals surface area contributed by atoms with Crippen LogP contribution in [-0.2, 0) is 9.84 Å². The predicted octanol–water partition coefficient (Wildman–Crippen LogP) is 3.04. The second kappa shape index (κ2) is 7.07. The van der Waals surface area contributed by atoms with Gasteiger partial charge in [-0.3, -0.25) is 0 Å². The van der Waals surface area contributed by atoms with Crippen molar-refractivity contribution in [2.45, 2.75) is 87.7 Å². The van der Waals surface area contributed by atoms with Gasteiger partial charge in [0.25, 0.3) is 0 Å². The molecule has 3 nitrogen and oxygen atoms in total. The van der Waals surface area contributed by atoms with Crippen LogP contribution >= 0.6 is 0 Å². The van der Waals surface area contributed by atoms with Gasteiger partial charge in [-0.1, -0.05) is 51.4 Å². The number of nitrogens with one attached hydrogen (secondary N) is 1. The maximum atomic E-state index is 12.5. The Morgan fingerprint density at radius 2 is 1.37 bits per heavy atom. The van der Waals surface area contributed by atoms with Gasteiger partial charge in [0.2, 0.25) is 0 Å². The van der Waals surface area contributed by atoms with Crippen LogP contribution in [0, 0.1) is 0 Å². The van der Waals surface area contributed by atoms with Crippen molar-refractivity contribution in [2.75, 3.05) is 6.54 Å². The summed E-state index contributed by atoms with van der Waals surface area (Å²) >= 11 is 0. The lowest BCUT2D eigenvalue weighted by Gasteiger charge is -2.36. The average molecular weight is 287 g/mol. The molecular formula is C15H29NO2S. The fourth-order valence-corrected chi connectivity index (χ4v) is 5.63. The summed E-state index contributed by atoms with van der Waals surface area (Å²) in [7, 11) is -2.91. The highest BCUT2D eigenvalue weighted by molar-refractivity contribution is 7.92. The molecule has 0 aromatic rings. The molecule has 2 aliphatic rings. The molecule has 0 radical (unpaired) electrons. The SMILES string of the molecule is CC1CNC2CCCCCCCCCCC2S1(=O)=O. The number of hydrogen-bond acceptors (Lipinski definition) is 3. The molecule has 19 heavy (non-hydrogen) atoms. The van der Waals surface area contributed by atoms with Gasteiger partial charge in [0.1, 0.15) is 0 Å². The molecule has 0 aromatic heterocycles. The third kappa shape index (κ3) is 3.94. The van der Waals surface area contributed by atoms with Gasteiger partial charge in [0.15, 0.2) is 9.84 Å². The van der Waals surface area contributed by atoms with Crippen molar-refractivity contribution in [1.82, 2.24) is 5.32 Å². The van der Waals surface area contributed by atoms with Crippen molar-refractivity contribution in [3.05, 3.63) is 0 Å². The maximum Gasteiger partial charge on any atom is 0.158 e. The summed E-state index contributed by atoms with van der Waals surface area (Å²) in [5.74, 6) is 0. The molecule has 112 valence electrons. The lowest BCUT2D eigenvalue weighted by Crippen LogP contribution is -2.55. The Labute approximate surface area is 118 Å². The Morgan fingerprint density at radius 3 is 2.00 bits per heavy atom. The predicted molar refractivity (Wildman–Crippen MR) is 80.1 cm³/mol. The van der Waals surface area contributed by atoms with E-state index in [1.54, 1.807) is 0 Å². The van der Waals surface area contributed by atoms with Crippen LogP contribution < -0.4 is 5.32 Å². The fourth-order valence-electron chi connectivity index (χ4n) is 3.52. The fraction of sp³-hybridized carbons (Fsp3) is 1.00. The molecule has 1 heterocycles. The zero-order chi connectivity index (χ0) is 13.7. The molecule has 0 aromatic carbocycles. The van der Waals surface area contributed by atoms with Crippen molar-refractivity contribution >= 4 is 9.84 Å². The standard InChI is InChI=1S/C15H29NO2S/c1-13-12-16-14-10-8-6-4-2-3-5-7-9-11-15(14)19(13,17)18/h13-16H,2-12H2,1H3. The van der Waals surface area contributed by atoms with Gasteiger partial charge >= 0.3 is 0 Å². The molecule has 1 aliphatic carbocycles. The lowest BCUT2D eigenvalue weighted by atomic mass is 9.97. The minimum absolute atomic E-state index is 0.129. The number of fused-ring (bicyclic) bond motifs is 1. The summed E-state index contributed by atoms with van der Waals surface area (Å²) < 4.78 is 25.0. The van der Waals surface area contributed by atoms with Gasteiger partial charge in [-0.2, -0.15) is 0 Å². The van der Waals surface area contributed by atoms with Gasteiger partial charge in [0, 0.05) is 12.6 Å². The molecule has 4 heteroatoms. The number of rotatable bonds is 0. The molecule has 1 N–H and O–H groups in total. The molecule has 1 saturated heterocycles. The zero-order valence-electron chi connectivity index (χ0n) is 12.2. The molecule has 0 spiro atoms. The van der Waals surface area contributed by atoms with Crippen LogP contribution in [-0.4, -0.2) is 31.5 Å². The molecule has 0 bridgehead atoms. The minimum Gasteiger partial charge on any atom is -0.311 e. The molecule has 2 rings (SSSR count). The number of sulfone groups is 1. The van der Waals surface area contributed by atoms with E-state index in [-0.39, 0.29) is 16.5 Å². The normalized spacial score (nSPS) is 37.6.